The number of fused-ring (bicyclic) bond motifs is 1. The zero-order chi connectivity index (χ0) is 22.0. The highest BCUT2D eigenvalue weighted by Gasteiger charge is 2.27. The van der Waals surface area contributed by atoms with Crippen LogP contribution in [-0.2, 0) is 4.79 Å². The van der Waals surface area contributed by atoms with Gasteiger partial charge in [0, 0.05) is 14.1 Å². The Bertz CT molecular complexity index is 1310. The van der Waals surface area contributed by atoms with E-state index in [1.807, 2.05) is 30.3 Å². The summed E-state index contributed by atoms with van der Waals surface area (Å²) in [6, 6.07) is 22.3. The first kappa shape index (κ1) is 20.8. The number of hydrogen-bond acceptors (Lipinski definition) is 4. The van der Waals surface area contributed by atoms with Gasteiger partial charge >= 0.3 is 0 Å². The van der Waals surface area contributed by atoms with Crippen molar-refractivity contribution in [3.8, 4) is 5.69 Å². The molecule has 4 aromatic rings. The minimum absolute atomic E-state index is 0.0948. The van der Waals surface area contributed by atoms with Gasteiger partial charge in [0.15, 0.2) is 5.16 Å². The van der Waals surface area contributed by atoms with E-state index in [2.05, 4.69) is 4.98 Å². The number of nitrogens with zero attached hydrogens (tertiary/aromatic N) is 3. The third kappa shape index (κ3) is 4.09. The topological polar surface area (TPSA) is 55.2 Å². The van der Waals surface area contributed by atoms with E-state index in [1.165, 1.54) is 21.6 Å². The monoisotopic (exact) mass is 433 g/mol. The van der Waals surface area contributed by atoms with Gasteiger partial charge in [0.25, 0.3) is 5.56 Å². The molecule has 31 heavy (non-hydrogen) atoms. The second kappa shape index (κ2) is 8.73. The van der Waals surface area contributed by atoms with Crippen molar-refractivity contribution in [3.63, 3.8) is 0 Å². The lowest BCUT2D eigenvalue weighted by Gasteiger charge is -2.22. The number of carbonyl (C=O) groups is 1. The van der Waals surface area contributed by atoms with Crippen LogP contribution in [0.3, 0.4) is 0 Å². The second-order valence-electron chi connectivity index (χ2n) is 7.14. The average molecular weight is 434 g/mol. The van der Waals surface area contributed by atoms with E-state index >= 15 is 0 Å². The van der Waals surface area contributed by atoms with E-state index in [0.717, 1.165) is 17.3 Å². The molecule has 0 aliphatic heterocycles. The Hall–Kier alpha value is -3.45. The van der Waals surface area contributed by atoms with Crippen LogP contribution < -0.4 is 5.56 Å². The summed E-state index contributed by atoms with van der Waals surface area (Å²) in [5.74, 6) is -0.697. The SMILES string of the molecule is CN(C)C(=O)[C@@H](Sc1nc2ccccc2c(=O)n1-c1ccccc1F)c1ccccc1. The van der Waals surface area contributed by atoms with Crippen molar-refractivity contribution >= 4 is 28.6 Å². The van der Waals surface area contributed by atoms with E-state index in [9.17, 15) is 14.0 Å². The van der Waals surface area contributed by atoms with E-state index in [4.69, 9.17) is 0 Å². The van der Waals surface area contributed by atoms with Crippen molar-refractivity contribution in [2.45, 2.75) is 10.4 Å². The van der Waals surface area contributed by atoms with Gasteiger partial charge in [0.2, 0.25) is 5.91 Å². The molecule has 156 valence electrons. The molecule has 0 bridgehead atoms. The predicted octanol–water partition coefficient (Wildman–Crippen LogP) is 4.45. The van der Waals surface area contributed by atoms with Crippen LogP contribution in [0.1, 0.15) is 10.8 Å². The fourth-order valence-electron chi connectivity index (χ4n) is 3.27. The molecule has 0 N–H and O–H groups in total. The molecule has 3 aromatic carbocycles. The Balaban J connectivity index is 1.95. The summed E-state index contributed by atoms with van der Waals surface area (Å²) in [6.07, 6.45) is 0. The first-order valence-corrected chi connectivity index (χ1v) is 10.5. The van der Waals surface area contributed by atoms with E-state index < -0.39 is 11.1 Å². The number of halogens is 1. The van der Waals surface area contributed by atoms with Crippen LogP contribution in [0.15, 0.2) is 88.8 Å². The molecule has 0 saturated heterocycles. The molecule has 0 unspecified atom stereocenters. The van der Waals surface area contributed by atoms with Gasteiger partial charge in [-0.3, -0.25) is 14.2 Å². The fourth-order valence-corrected chi connectivity index (χ4v) is 4.52. The lowest BCUT2D eigenvalue weighted by atomic mass is 10.1. The highest BCUT2D eigenvalue weighted by molar-refractivity contribution is 8.00. The molecule has 0 aliphatic carbocycles. The number of rotatable bonds is 5. The molecule has 0 fully saturated rings. The van der Waals surface area contributed by atoms with Crippen molar-refractivity contribution in [1.29, 1.82) is 0 Å². The molecule has 4 rings (SSSR count). The molecule has 1 atom stereocenters. The summed E-state index contributed by atoms with van der Waals surface area (Å²) >= 11 is 1.13. The Morgan fingerprint density at radius 2 is 1.61 bits per heavy atom. The zero-order valence-electron chi connectivity index (χ0n) is 17.0. The third-order valence-electron chi connectivity index (χ3n) is 4.83. The number of hydrogen-bond donors (Lipinski definition) is 0. The lowest BCUT2D eigenvalue weighted by Crippen LogP contribution is -2.28. The van der Waals surface area contributed by atoms with Gasteiger partial charge in [-0.05, 0) is 29.8 Å². The van der Waals surface area contributed by atoms with Crippen LogP contribution in [0.5, 0.6) is 0 Å². The lowest BCUT2D eigenvalue weighted by molar-refractivity contribution is -0.128. The summed E-state index contributed by atoms with van der Waals surface area (Å²) in [6.45, 7) is 0. The Morgan fingerprint density at radius 1 is 0.968 bits per heavy atom. The first-order valence-electron chi connectivity index (χ1n) is 9.67. The first-order chi connectivity index (χ1) is 15.0. The standard InChI is InChI=1S/C24H20FN3O2S/c1-27(2)23(30)21(16-10-4-3-5-11-16)31-24-26-19-14-8-6-12-17(19)22(29)28(24)20-15-9-7-13-18(20)25/h3-15,21H,1-2H3/t21-/m0/s1. The van der Waals surface area contributed by atoms with Crippen molar-refractivity contribution in [2.24, 2.45) is 0 Å². The van der Waals surface area contributed by atoms with Crippen LogP contribution in [-0.4, -0.2) is 34.5 Å². The molecule has 5 nitrogen and oxygen atoms in total. The Labute approximate surface area is 183 Å². The fraction of sp³-hybridized carbons (Fsp3) is 0.125. The number of amides is 1. The normalized spacial score (nSPS) is 12.0. The molecule has 0 aliphatic rings. The van der Waals surface area contributed by atoms with E-state index in [0.29, 0.717) is 10.9 Å². The predicted molar refractivity (Wildman–Crippen MR) is 121 cm³/mol. The molecule has 1 amide bonds. The summed E-state index contributed by atoms with van der Waals surface area (Å²) in [4.78, 5) is 32.5. The molecule has 0 saturated carbocycles. The molecular weight excluding hydrogens is 413 g/mol. The highest BCUT2D eigenvalue weighted by atomic mass is 32.2. The number of thioether (sulfide) groups is 1. The Kier molecular flexibility index (Phi) is 5.86. The van der Waals surface area contributed by atoms with Gasteiger partial charge in [0.05, 0.1) is 16.6 Å². The number of para-hydroxylation sites is 2. The van der Waals surface area contributed by atoms with Gasteiger partial charge in [-0.1, -0.05) is 66.4 Å². The maximum Gasteiger partial charge on any atom is 0.266 e. The van der Waals surface area contributed by atoms with Crippen LogP contribution in [0.4, 0.5) is 4.39 Å². The van der Waals surface area contributed by atoms with Crippen LogP contribution in [0, 0.1) is 5.82 Å². The highest BCUT2D eigenvalue weighted by Crippen LogP contribution is 2.36. The van der Waals surface area contributed by atoms with Gasteiger partial charge in [-0.25, -0.2) is 9.37 Å². The minimum atomic E-state index is -0.651. The van der Waals surface area contributed by atoms with E-state index in [-0.39, 0.29) is 22.3 Å². The average Bonchev–Trinajstić information content (AvgIpc) is 2.78. The molecule has 0 radical (unpaired) electrons. The van der Waals surface area contributed by atoms with E-state index in [1.54, 1.807) is 50.5 Å². The second-order valence-corrected chi connectivity index (χ2v) is 8.22. The largest absolute Gasteiger partial charge is 0.348 e. The molecular formula is C24H20FN3O2S. The summed E-state index contributed by atoms with van der Waals surface area (Å²) < 4.78 is 16.0. The van der Waals surface area contributed by atoms with Crippen molar-refractivity contribution in [3.05, 3.63) is 101 Å². The maximum atomic E-state index is 14.7. The van der Waals surface area contributed by atoms with Crippen LogP contribution >= 0.6 is 11.8 Å². The molecule has 1 heterocycles. The maximum absolute atomic E-state index is 14.7. The van der Waals surface area contributed by atoms with Gasteiger partial charge in [0.1, 0.15) is 11.1 Å². The van der Waals surface area contributed by atoms with Crippen molar-refractivity contribution < 1.29 is 9.18 Å². The smallest absolute Gasteiger partial charge is 0.266 e. The number of carbonyl (C=O) groups excluding carboxylic acids is 1. The quantitative estimate of drug-likeness (QED) is 0.345. The van der Waals surface area contributed by atoms with Gasteiger partial charge in [-0.15, -0.1) is 0 Å². The summed E-state index contributed by atoms with van der Waals surface area (Å²) in [5, 5.41) is -0.0227. The van der Waals surface area contributed by atoms with Gasteiger partial charge < -0.3 is 4.90 Å². The Morgan fingerprint density at radius 3 is 2.32 bits per heavy atom. The molecule has 0 spiro atoms. The number of benzene rings is 3. The van der Waals surface area contributed by atoms with Crippen molar-refractivity contribution in [2.75, 3.05) is 14.1 Å². The van der Waals surface area contributed by atoms with Crippen LogP contribution in [0.25, 0.3) is 16.6 Å². The van der Waals surface area contributed by atoms with Crippen LogP contribution in [0.2, 0.25) is 0 Å². The third-order valence-corrected chi connectivity index (χ3v) is 6.02. The zero-order valence-corrected chi connectivity index (χ0v) is 17.8. The summed E-state index contributed by atoms with van der Waals surface area (Å²) in [5.41, 5.74) is 0.972. The molecule has 1 aromatic heterocycles. The molecule has 7 heteroatoms. The van der Waals surface area contributed by atoms with Gasteiger partial charge in [-0.2, -0.15) is 0 Å². The minimum Gasteiger partial charge on any atom is -0.348 e. The number of aromatic nitrogens is 2. The summed E-state index contributed by atoms with van der Waals surface area (Å²) in [7, 11) is 3.35. The van der Waals surface area contributed by atoms with Crippen molar-refractivity contribution in [1.82, 2.24) is 14.5 Å². The number of likely N-dealkylation sites (N-methyl/N-ethyl adjacent to an activating group) is 1.